The van der Waals surface area contributed by atoms with Gasteiger partial charge in [0.1, 0.15) is 28.6 Å². The van der Waals surface area contributed by atoms with Gasteiger partial charge in [0.2, 0.25) is 0 Å². The number of aromatic nitrogens is 2. The number of para-hydroxylation sites is 1. The first-order valence-corrected chi connectivity index (χ1v) is 10.6. The van der Waals surface area contributed by atoms with Crippen LogP contribution < -0.4 is 10.1 Å². The lowest BCUT2D eigenvalue weighted by molar-refractivity contribution is 0.0659. The standard InChI is InChI=1S/C24H25ClFN3O3/c1-23(2)11-15-13(18-12-29(5)22(27-18)24(3,4)31)9-10-14(20(15)32-23)21(30)28-19-16(25)7-6-8-17(19)26/h6-10,12,31H,11H2,1-5H3,(H,28,30). The van der Waals surface area contributed by atoms with Crippen LogP contribution in [-0.2, 0) is 19.1 Å². The van der Waals surface area contributed by atoms with E-state index in [0.717, 1.165) is 11.1 Å². The molecule has 2 aromatic carbocycles. The maximum Gasteiger partial charge on any atom is 0.259 e. The first-order chi connectivity index (χ1) is 14.9. The highest BCUT2D eigenvalue weighted by atomic mass is 35.5. The Morgan fingerprint density at radius 2 is 2.03 bits per heavy atom. The molecule has 0 radical (unpaired) electrons. The van der Waals surface area contributed by atoms with Gasteiger partial charge in [0.25, 0.3) is 5.91 Å². The molecule has 32 heavy (non-hydrogen) atoms. The lowest BCUT2D eigenvalue weighted by Gasteiger charge is -2.18. The molecular formula is C24H25ClFN3O3. The maximum absolute atomic E-state index is 14.2. The lowest BCUT2D eigenvalue weighted by Crippen LogP contribution is -2.25. The molecule has 3 aromatic rings. The Balaban J connectivity index is 1.78. The van der Waals surface area contributed by atoms with Gasteiger partial charge in [-0.2, -0.15) is 0 Å². The molecular weight excluding hydrogens is 433 g/mol. The van der Waals surface area contributed by atoms with E-state index in [4.69, 9.17) is 16.3 Å². The number of amides is 1. The topological polar surface area (TPSA) is 76.4 Å². The summed E-state index contributed by atoms with van der Waals surface area (Å²) in [6.07, 6.45) is 2.40. The SMILES string of the molecule is Cn1cc(-c2ccc(C(=O)Nc3c(F)cccc3Cl)c3c2CC(C)(C)O3)nc1C(C)(C)O. The van der Waals surface area contributed by atoms with Crippen LogP contribution in [0.1, 0.15) is 49.4 Å². The number of imidazole rings is 1. The zero-order valence-corrected chi connectivity index (χ0v) is 19.3. The monoisotopic (exact) mass is 457 g/mol. The summed E-state index contributed by atoms with van der Waals surface area (Å²) in [4.78, 5) is 17.7. The Labute approximate surface area is 191 Å². The summed E-state index contributed by atoms with van der Waals surface area (Å²) in [6.45, 7) is 7.23. The summed E-state index contributed by atoms with van der Waals surface area (Å²) in [5.74, 6) is -0.174. The van der Waals surface area contributed by atoms with Crippen LogP contribution in [0.3, 0.4) is 0 Å². The normalized spacial score (nSPS) is 14.8. The van der Waals surface area contributed by atoms with Crippen LogP contribution in [0.15, 0.2) is 36.5 Å². The fourth-order valence-electron chi connectivity index (χ4n) is 4.04. The number of carbonyl (C=O) groups excluding carboxylic acids is 1. The largest absolute Gasteiger partial charge is 0.486 e. The van der Waals surface area contributed by atoms with E-state index in [1.807, 2.05) is 27.1 Å². The van der Waals surface area contributed by atoms with Gasteiger partial charge in [0, 0.05) is 30.8 Å². The van der Waals surface area contributed by atoms with Gasteiger partial charge in [-0.15, -0.1) is 0 Å². The van der Waals surface area contributed by atoms with Gasteiger partial charge >= 0.3 is 0 Å². The van der Waals surface area contributed by atoms with Crippen LogP contribution in [0.4, 0.5) is 10.1 Å². The molecule has 0 aliphatic carbocycles. The minimum atomic E-state index is -1.11. The third kappa shape index (κ3) is 3.98. The average molecular weight is 458 g/mol. The van der Waals surface area contributed by atoms with Crippen molar-refractivity contribution < 1.29 is 19.0 Å². The molecule has 2 N–H and O–H groups in total. The molecule has 0 atom stereocenters. The second kappa shape index (κ2) is 7.60. The number of anilines is 1. The number of nitrogens with zero attached hydrogens (tertiary/aromatic N) is 2. The zero-order valence-electron chi connectivity index (χ0n) is 18.6. The third-order valence-electron chi connectivity index (χ3n) is 5.39. The quantitative estimate of drug-likeness (QED) is 0.573. The number of nitrogens with one attached hydrogen (secondary N) is 1. The predicted octanol–water partition coefficient (Wildman–Crippen LogP) is 5.07. The van der Waals surface area contributed by atoms with Crippen LogP contribution in [0.25, 0.3) is 11.3 Å². The molecule has 0 fully saturated rings. The third-order valence-corrected chi connectivity index (χ3v) is 5.70. The van der Waals surface area contributed by atoms with Gasteiger partial charge in [-0.1, -0.05) is 23.7 Å². The molecule has 0 unspecified atom stereocenters. The molecule has 0 saturated carbocycles. The van der Waals surface area contributed by atoms with Crippen LogP contribution in [-0.4, -0.2) is 26.2 Å². The fourth-order valence-corrected chi connectivity index (χ4v) is 4.25. The van der Waals surface area contributed by atoms with Crippen LogP contribution >= 0.6 is 11.6 Å². The number of hydrogen-bond acceptors (Lipinski definition) is 4. The molecule has 0 spiro atoms. The lowest BCUT2D eigenvalue weighted by atomic mass is 9.94. The van der Waals surface area contributed by atoms with E-state index >= 15 is 0 Å². The van der Waals surface area contributed by atoms with Gasteiger partial charge in [0.15, 0.2) is 0 Å². The molecule has 4 rings (SSSR count). The van der Waals surface area contributed by atoms with Crippen molar-refractivity contribution in [3.05, 3.63) is 64.3 Å². The van der Waals surface area contributed by atoms with Crippen molar-refractivity contribution in [3.8, 4) is 17.0 Å². The number of hydrogen-bond donors (Lipinski definition) is 2. The number of aliphatic hydroxyl groups is 1. The molecule has 1 aliphatic rings. The molecule has 168 valence electrons. The smallest absolute Gasteiger partial charge is 0.259 e. The molecule has 0 saturated heterocycles. The summed E-state index contributed by atoms with van der Waals surface area (Å²) < 4.78 is 22.1. The van der Waals surface area contributed by atoms with Gasteiger partial charge in [-0.25, -0.2) is 9.37 Å². The Kier molecular flexibility index (Phi) is 5.30. The minimum Gasteiger partial charge on any atom is -0.486 e. The van der Waals surface area contributed by atoms with E-state index in [9.17, 15) is 14.3 Å². The Hall–Kier alpha value is -2.90. The predicted molar refractivity (Wildman–Crippen MR) is 122 cm³/mol. The summed E-state index contributed by atoms with van der Waals surface area (Å²) in [5.41, 5.74) is 0.897. The number of fused-ring (bicyclic) bond motifs is 1. The van der Waals surface area contributed by atoms with Crippen LogP contribution in [0, 0.1) is 5.82 Å². The molecule has 6 nitrogen and oxygen atoms in total. The van der Waals surface area contributed by atoms with Gasteiger partial charge < -0.3 is 19.7 Å². The maximum atomic E-state index is 14.2. The summed E-state index contributed by atoms with van der Waals surface area (Å²) in [5, 5.41) is 13.1. The number of aryl methyl sites for hydroxylation is 1. The van der Waals surface area contributed by atoms with Gasteiger partial charge in [-0.3, -0.25) is 4.79 Å². The van der Waals surface area contributed by atoms with E-state index in [1.54, 1.807) is 30.5 Å². The molecule has 0 bridgehead atoms. The molecule has 1 amide bonds. The van der Waals surface area contributed by atoms with Gasteiger partial charge in [0.05, 0.1) is 22.0 Å². The average Bonchev–Trinajstić information content (AvgIpc) is 3.22. The molecule has 8 heteroatoms. The Morgan fingerprint density at radius 1 is 1.31 bits per heavy atom. The fraction of sp³-hybridized carbons (Fsp3) is 0.333. The minimum absolute atomic E-state index is 0.0752. The van der Waals surface area contributed by atoms with Crippen molar-refractivity contribution in [3.63, 3.8) is 0 Å². The van der Waals surface area contributed by atoms with E-state index in [1.165, 1.54) is 18.2 Å². The Bertz CT molecular complexity index is 1210. The van der Waals surface area contributed by atoms with Crippen molar-refractivity contribution in [2.24, 2.45) is 7.05 Å². The second-order valence-corrected chi connectivity index (χ2v) is 9.58. The number of ether oxygens (including phenoxy) is 1. The van der Waals surface area contributed by atoms with Crippen molar-refractivity contribution in [1.82, 2.24) is 9.55 Å². The van der Waals surface area contributed by atoms with Crippen LogP contribution in [0.5, 0.6) is 5.75 Å². The highest BCUT2D eigenvalue weighted by Crippen LogP contribution is 2.43. The number of rotatable bonds is 4. The molecule has 1 aromatic heterocycles. The van der Waals surface area contributed by atoms with Crippen molar-refractivity contribution >= 4 is 23.2 Å². The van der Waals surface area contributed by atoms with Crippen molar-refractivity contribution in [2.75, 3.05) is 5.32 Å². The zero-order chi connectivity index (χ0) is 23.4. The van der Waals surface area contributed by atoms with Crippen LogP contribution in [0.2, 0.25) is 5.02 Å². The van der Waals surface area contributed by atoms with E-state index in [-0.39, 0.29) is 16.3 Å². The molecule has 2 heterocycles. The van der Waals surface area contributed by atoms with E-state index in [0.29, 0.717) is 23.7 Å². The second-order valence-electron chi connectivity index (χ2n) is 9.18. The van der Waals surface area contributed by atoms with E-state index in [2.05, 4.69) is 10.3 Å². The van der Waals surface area contributed by atoms with Gasteiger partial charge in [-0.05, 0) is 45.9 Å². The molecule has 1 aliphatic heterocycles. The highest BCUT2D eigenvalue weighted by Gasteiger charge is 2.36. The summed E-state index contributed by atoms with van der Waals surface area (Å²) in [7, 11) is 1.82. The number of carbonyl (C=O) groups is 1. The summed E-state index contributed by atoms with van der Waals surface area (Å²) in [6, 6.07) is 7.65. The summed E-state index contributed by atoms with van der Waals surface area (Å²) >= 11 is 6.07. The number of halogens is 2. The van der Waals surface area contributed by atoms with Crippen molar-refractivity contribution in [1.29, 1.82) is 0 Å². The number of benzene rings is 2. The van der Waals surface area contributed by atoms with Crippen molar-refractivity contribution in [2.45, 2.75) is 45.3 Å². The first kappa shape index (κ1) is 22.3. The Morgan fingerprint density at radius 3 is 2.66 bits per heavy atom. The first-order valence-electron chi connectivity index (χ1n) is 10.2. The van der Waals surface area contributed by atoms with E-state index < -0.39 is 22.9 Å². The highest BCUT2D eigenvalue weighted by molar-refractivity contribution is 6.34.